The Labute approximate surface area is 128 Å². The molecule has 2 aromatic rings. The van der Waals surface area contributed by atoms with Gasteiger partial charge in [-0.1, -0.05) is 5.16 Å². The molecule has 120 valence electrons. The van der Waals surface area contributed by atoms with Crippen LogP contribution in [0, 0.1) is 6.92 Å². The van der Waals surface area contributed by atoms with Crippen molar-refractivity contribution >= 4 is 19.9 Å². The number of hydrogen-bond acceptors (Lipinski definition) is 7. The molecule has 0 radical (unpaired) electrons. The van der Waals surface area contributed by atoms with Crippen molar-refractivity contribution < 1.29 is 21.4 Å². The minimum Gasteiger partial charge on any atom is -0.338 e. The number of nitrogens with zero attached hydrogens (tertiary/aromatic N) is 2. The van der Waals surface area contributed by atoms with Gasteiger partial charge in [-0.15, -0.1) is 0 Å². The quantitative estimate of drug-likeness (QED) is 0.852. The summed E-state index contributed by atoms with van der Waals surface area (Å²) in [5.74, 6) is 0.549. The maximum atomic E-state index is 12.2. The number of sulfone groups is 1. The third kappa shape index (κ3) is 3.70. The van der Waals surface area contributed by atoms with Crippen LogP contribution in [0.15, 0.2) is 38.6 Å². The Morgan fingerprint density at radius 1 is 1.09 bits per heavy atom. The highest BCUT2D eigenvalue weighted by molar-refractivity contribution is 7.90. The highest BCUT2D eigenvalue weighted by Crippen LogP contribution is 2.17. The monoisotopic (exact) mass is 345 g/mol. The first-order chi connectivity index (χ1) is 10.1. The SMILES string of the molecule is Cc1noc([C@@H](C)NS(=O)(=O)c2ccc(S(C)(=O)=O)cc2)n1. The van der Waals surface area contributed by atoms with Gasteiger partial charge in [-0.25, -0.2) is 16.8 Å². The van der Waals surface area contributed by atoms with Gasteiger partial charge in [-0.2, -0.15) is 9.71 Å². The minimum absolute atomic E-state index is 0.0482. The fraction of sp³-hybridized carbons (Fsp3) is 0.333. The van der Waals surface area contributed by atoms with Crippen molar-refractivity contribution in [2.45, 2.75) is 29.7 Å². The van der Waals surface area contributed by atoms with Crippen molar-refractivity contribution in [3.8, 4) is 0 Å². The largest absolute Gasteiger partial charge is 0.338 e. The Balaban J connectivity index is 2.23. The van der Waals surface area contributed by atoms with E-state index in [1.807, 2.05) is 0 Å². The molecular formula is C12H15N3O5S2. The van der Waals surface area contributed by atoms with Gasteiger partial charge >= 0.3 is 0 Å². The van der Waals surface area contributed by atoms with Crippen LogP contribution in [0.4, 0.5) is 0 Å². The van der Waals surface area contributed by atoms with Crippen LogP contribution in [0.2, 0.25) is 0 Å². The van der Waals surface area contributed by atoms with Crippen LogP contribution in [0.25, 0.3) is 0 Å². The van der Waals surface area contributed by atoms with Crippen LogP contribution >= 0.6 is 0 Å². The third-order valence-electron chi connectivity index (χ3n) is 2.81. The van der Waals surface area contributed by atoms with Crippen LogP contribution in [-0.2, 0) is 19.9 Å². The van der Waals surface area contributed by atoms with Crippen LogP contribution in [0.1, 0.15) is 24.7 Å². The smallest absolute Gasteiger partial charge is 0.244 e. The number of rotatable bonds is 5. The van der Waals surface area contributed by atoms with Crippen molar-refractivity contribution in [1.82, 2.24) is 14.9 Å². The number of nitrogens with one attached hydrogen (secondary N) is 1. The molecule has 0 aliphatic heterocycles. The summed E-state index contributed by atoms with van der Waals surface area (Å²) in [5, 5.41) is 3.59. The highest BCUT2D eigenvalue weighted by Gasteiger charge is 2.22. The van der Waals surface area contributed by atoms with Gasteiger partial charge in [0.2, 0.25) is 15.9 Å². The topological polar surface area (TPSA) is 119 Å². The van der Waals surface area contributed by atoms with Crippen molar-refractivity contribution in [2.75, 3.05) is 6.26 Å². The normalized spacial score (nSPS) is 14.0. The molecule has 0 fully saturated rings. The van der Waals surface area contributed by atoms with Crippen LogP contribution < -0.4 is 4.72 Å². The molecule has 1 heterocycles. The summed E-state index contributed by atoms with van der Waals surface area (Å²) in [5.41, 5.74) is 0. The molecule has 1 atom stereocenters. The lowest BCUT2D eigenvalue weighted by atomic mass is 10.4. The van der Waals surface area contributed by atoms with Crippen molar-refractivity contribution in [2.24, 2.45) is 0 Å². The molecule has 0 unspecified atom stereocenters. The maximum absolute atomic E-state index is 12.2. The number of sulfonamides is 1. The molecule has 0 aliphatic rings. The molecule has 1 aromatic heterocycles. The van der Waals surface area contributed by atoms with E-state index in [2.05, 4.69) is 14.9 Å². The van der Waals surface area contributed by atoms with E-state index in [9.17, 15) is 16.8 Å². The lowest BCUT2D eigenvalue weighted by Crippen LogP contribution is -2.27. The second-order valence-electron chi connectivity index (χ2n) is 4.77. The Morgan fingerprint density at radius 3 is 2.09 bits per heavy atom. The lowest BCUT2D eigenvalue weighted by molar-refractivity contribution is 0.351. The first-order valence-corrected chi connectivity index (χ1v) is 9.60. The van der Waals surface area contributed by atoms with Gasteiger partial charge in [0.15, 0.2) is 15.7 Å². The fourth-order valence-electron chi connectivity index (χ4n) is 1.71. The van der Waals surface area contributed by atoms with Crippen molar-refractivity contribution in [3.63, 3.8) is 0 Å². The predicted octanol–water partition coefficient (Wildman–Crippen LogP) is 0.821. The number of aromatic nitrogens is 2. The summed E-state index contributed by atoms with van der Waals surface area (Å²) in [6, 6.07) is 4.23. The van der Waals surface area contributed by atoms with E-state index in [4.69, 9.17) is 4.52 Å². The first kappa shape index (κ1) is 16.6. The summed E-state index contributed by atoms with van der Waals surface area (Å²) in [7, 11) is -7.21. The van der Waals surface area contributed by atoms with Gasteiger partial charge in [0, 0.05) is 6.26 Å². The molecule has 0 amide bonds. The molecule has 2 rings (SSSR count). The lowest BCUT2D eigenvalue weighted by Gasteiger charge is -2.10. The summed E-state index contributed by atoms with van der Waals surface area (Å²) in [6.07, 6.45) is 1.05. The fourth-order valence-corrected chi connectivity index (χ4v) is 3.53. The van der Waals surface area contributed by atoms with E-state index in [-0.39, 0.29) is 15.7 Å². The van der Waals surface area contributed by atoms with Gasteiger partial charge in [0.05, 0.1) is 15.8 Å². The van der Waals surface area contributed by atoms with E-state index in [1.54, 1.807) is 13.8 Å². The van der Waals surface area contributed by atoms with E-state index >= 15 is 0 Å². The van der Waals surface area contributed by atoms with Gasteiger partial charge in [-0.05, 0) is 38.1 Å². The molecule has 22 heavy (non-hydrogen) atoms. The van der Waals surface area contributed by atoms with Gasteiger partial charge in [0.1, 0.15) is 0 Å². The molecule has 0 aliphatic carbocycles. The Hall–Kier alpha value is -1.78. The second-order valence-corrected chi connectivity index (χ2v) is 8.50. The van der Waals surface area contributed by atoms with Gasteiger partial charge < -0.3 is 4.52 Å². The summed E-state index contributed by atoms with van der Waals surface area (Å²) in [6.45, 7) is 3.19. The zero-order valence-corrected chi connectivity index (χ0v) is 13.8. The molecule has 10 heteroatoms. The molecule has 0 bridgehead atoms. The average molecular weight is 345 g/mol. The van der Waals surface area contributed by atoms with E-state index in [0.717, 1.165) is 6.26 Å². The molecule has 0 saturated carbocycles. The third-order valence-corrected chi connectivity index (χ3v) is 5.49. The van der Waals surface area contributed by atoms with Crippen LogP contribution in [0.5, 0.6) is 0 Å². The number of benzene rings is 1. The highest BCUT2D eigenvalue weighted by atomic mass is 32.2. The van der Waals surface area contributed by atoms with Crippen LogP contribution in [0.3, 0.4) is 0 Å². The van der Waals surface area contributed by atoms with Crippen molar-refractivity contribution in [1.29, 1.82) is 0 Å². The van der Waals surface area contributed by atoms with Crippen molar-refractivity contribution in [3.05, 3.63) is 36.0 Å². The van der Waals surface area contributed by atoms with Crippen LogP contribution in [-0.4, -0.2) is 33.2 Å². The maximum Gasteiger partial charge on any atom is 0.244 e. The molecule has 0 saturated heterocycles. The molecule has 8 nitrogen and oxygen atoms in total. The molecule has 1 aromatic carbocycles. The zero-order chi connectivity index (χ0) is 16.5. The summed E-state index contributed by atoms with van der Waals surface area (Å²) >= 11 is 0. The Morgan fingerprint density at radius 2 is 1.64 bits per heavy atom. The van der Waals surface area contributed by atoms with Gasteiger partial charge in [-0.3, -0.25) is 0 Å². The Kier molecular flexibility index (Phi) is 4.36. The Bertz CT molecular complexity index is 870. The minimum atomic E-state index is -3.83. The summed E-state index contributed by atoms with van der Waals surface area (Å²) < 4.78 is 54.5. The number of aryl methyl sites for hydroxylation is 1. The second kappa shape index (κ2) is 5.78. The number of hydrogen-bond donors (Lipinski definition) is 1. The standard InChI is InChI=1S/C12H15N3O5S2/c1-8(12-13-9(2)14-20-12)15-22(18,19)11-6-4-10(5-7-11)21(3,16)17/h4-8,15H,1-3H3/t8-/m1/s1. The first-order valence-electron chi connectivity index (χ1n) is 6.22. The average Bonchev–Trinajstić information content (AvgIpc) is 2.84. The van der Waals surface area contributed by atoms with Gasteiger partial charge in [0.25, 0.3) is 0 Å². The molecule has 0 spiro atoms. The zero-order valence-electron chi connectivity index (χ0n) is 12.1. The molecular weight excluding hydrogens is 330 g/mol. The summed E-state index contributed by atoms with van der Waals surface area (Å²) in [4.78, 5) is 3.95. The van der Waals surface area contributed by atoms with E-state index < -0.39 is 25.9 Å². The van der Waals surface area contributed by atoms with E-state index in [1.165, 1.54) is 24.3 Å². The predicted molar refractivity (Wildman–Crippen MR) is 77.3 cm³/mol. The van der Waals surface area contributed by atoms with E-state index in [0.29, 0.717) is 5.82 Å². The molecule has 1 N–H and O–H groups in total.